The van der Waals surface area contributed by atoms with Crippen molar-refractivity contribution in [1.82, 2.24) is 0 Å². The normalized spacial score (nSPS) is 11.5. The molecule has 0 unspecified atom stereocenters. The molecule has 0 aliphatic carbocycles. The Bertz CT molecular complexity index is 497. The van der Waals surface area contributed by atoms with E-state index < -0.39 is 8.56 Å². The third kappa shape index (κ3) is 10.4. The summed E-state index contributed by atoms with van der Waals surface area (Å²) in [5.41, 5.74) is 0. The van der Waals surface area contributed by atoms with E-state index in [0.717, 1.165) is 13.0 Å². The van der Waals surface area contributed by atoms with Crippen molar-refractivity contribution in [2.45, 2.75) is 90.6 Å². The topological polar surface area (TPSA) is 36.9 Å². The zero-order valence-electron chi connectivity index (χ0n) is 18.9. The Morgan fingerprint density at radius 1 is 0.714 bits per heavy atom. The van der Waals surface area contributed by atoms with Gasteiger partial charge in [0.2, 0.25) is 0 Å². The van der Waals surface area contributed by atoms with E-state index in [1.807, 2.05) is 18.2 Å². The highest BCUT2D eigenvalue weighted by molar-refractivity contribution is 6.65. The van der Waals surface area contributed by atoms with E-state index >= 15 is 0 Å². The third-order valence-electron chi connectivity index (χ3n) is 4.93. The van der Waals surface area contributed by atoms with Crippen LogP contribution < -0.4 is 13.9 Å². The summed E-state index contributed by atoms with van der Waals surface area (Å²) in [5.74, 6) is 2.00. The first-order valence-electron chi connectivity index (χ1n) is 11.1. The molecule has 0 radical (unpaired) electrons. The molecule has 0 heterocycles. The summed E-state index contributed by atoms with van der Waals surface area (Å²) in [6.45, 7) is 7.16. The summed E-state index contributed by atoms with van der Waals surface area (Å²) in [6.07, 6.45) is 14.7. The van der Waals surface area contributed by atoms with Crippen LogP contribution in [-0.2, 0) is 4.43 Å². The van der Waals surface area contributed by atoms with Gasteiger partial charge in [0.1, 0.15) is 0 Å². The lowest BCUT2D eigenvalue weighted by molar-refractivity contribution is 0.233. The molecule has 0 saturated carbocycles. The van der Waals surface area contributed by atoms with Crippen molar-refractivity contribution < 1.29 is 18.3 Å². The minimum Gasteiger partial charge on any atom is -0.515 e. The van der Waals surface area contributed by atoms with E-state index in [2.05, 4.69) is 20.0 Å². The van der Waals surface area contributed by atoms with Crippen molar-refractivity contribution in [3.05, 3.63) is 18.2 Å². The van der Waals surface area contributed by atoms with Gasteiger partial charge in [0, 0.05) is 6.61 Å². The Kier molecular flexibility index (Phi) is 13.1. The number of hydrogen-bond donors (Lipinski definition) is 0. The first-order chi connectivity index (χ1) is 13.5. The molecule has 0 spiro atoms. The molecular formula is C23H42O4Si. The molecule has 0 aliphatic heterocycles. The third-order valence-corrected chi connectivity index (χ3v) is 6.52. The average molecular weight is 411 g/mol. The molecule has 0 N–H and O–H groups in total. The molecule has 0 aromatic heterocycles. The van der Waals surface area contributed by atoms with E-state index in [1.165, 1.54) is 64.2 Å². The standard InChI is InChI=1S/C23H42O4Si/c1-6-7-8-9-10-11-12-13-14-15-16-20-26-28(4,5)27-23-21(24-2)18-17-19-22(23)25-3/h17-19H,6-16,20H2,1-5H3. The Balaban J connectivity index is 2.18. The smallest absolute Gasteiger partial charge is 0.392 e. The van der Waals surface area contributed by atoms with Crippen molar-refractivity contribution in [2.75, 3.05) is 20.8 Å². The lowest BCUT2D eigenvalue weighted by atomic mass is 10.1. The Morgan fingerprint density at radius 2 is 1.18 bits per heavy atom. The lowest BCUT2D eigenvalue weighted by Gasteiger charge is -2.26. The Labute approximate surface area is 174 Å². The van der Waals surface area contributed by atoms with Crippen molar-refractivity contribution in [2.24, 2.45) is 0 Å². The molecule has 4 nitrogen and oxygen atoms in total. The molecule has 1 aromatic rings. The highest BCUT2D eigenvalue weighted by Gasteiger charge is 2.29. The van der Waals surface area contributed by atoms with Crippen molar-refractivity contribution in [3.8, 4) is 17.2 Å². The van der Waals surface area contributed by atoms with Crippen molar-refractivity contribution >= 4 is 8.56 Å². The number of hydrogen-bond acceptors (Lipinski definition) is 4. The molecule has 0 saturated heterocycles. The monoisotopic (exact) mass is 410 g/mol. The van der Waals surface area contributed by atoms with Crippen LogP contribution in [0.15, 0.2) is 18.2 Å². The predicted molar refractivity (Wildman–Crippen MR) is 120 cm³/mol. The molecule has 0 atom stereocenters. The molecule has 0 aliphatic rings. The van der Waals surface area contributed by atoms with Crippen LogP contribution in [0, 0.1) is 0 Å². The minimum absolute atomic E-state index is 0.642. The van der Waals surface area contributed by atoms with Gasteiger partial charge in [-0.15, -0.1) is 0 Å². The Morgan fingerprint density at radius 3 is 1.64 bits per heavy atom. The van der Waals surface area contributed by atoms with Gasteiger partial charge in [0.15, 0.2) is 17.2 Å². The van der Waals surface area contributed by atoms with Crippen LogP contribution >= 0.6 is 0 Å². The second-order valence-corrected chi connectivity index (χ2v) is 11.2. The van der Waals surface area contributed by atoms with Gasteiger partial charge in [0.25, 0.3) is 0 Å². The fourth-order valence-corrected chi connectivity index (χ4v) is 4.66. The quantitative estimate of drug-likeness (QED) is 0.202. The van der Waals surface area contributed by atoms with Crippen LogP contribution in [-0.4, -0.2) is 29.4 Å². The van der Waals surface area contributed by atoms with Crippen molar-refractivity contribution in [1.29, 1.82) is 0 Å². The lowest BCUT2D eigenvalue weighted by Crippen LogP contribution is -2.38. The van der Waals surface area contributed by atoms with Gasteiger partial charge in [-0.1, -0.05) is 77.2 Å². The van der Waals surface area contributed by atoms with Crippen LogP contribution in [0.4, 0.5) is 0 Å². The van der Waals surface area contributed by atoms with Crippen molar-refractivity contribution in [3.63, 3.8) is 0 Å². The van der Waals surface area contributed by atoms with Crippen LogP contribution in [0.2, 0.25) is 13.1 Å². The maximum absolute atomic E-state index is 6.21. The fourth-order valence-electron chi connectivity index (χ4n) is 3.28. The average Bonchev–Trinajstić information content (AvgIpc) is 2.68. The summed E-state index contributed by atoms with van der Waals surface area (Å²) >= 11 is 0. The number of ether oxygens (including phenoxy) is 2. The zero-order chi connectivity index (χ0) is 20.7. The molecule has 0 amide bonds. The van der Waals surface area contributed by atoms with Crippen LogP contribution in [0.3, 0.4) is 0 Å². The van der Waals surface area contributed by atoms with Gasteiger partial charge in [-0.25, -0.2) is 0 Å². The zero-order valence-corrected chi connectivity index (χ0v) is 19.9. The van der Waals surface area contributed by atoms with Gasteiger partial charge in [-0.3, -0.25) is 0 Å². The maximum Gasteiger partial charge on any atom is 0.392 e. The van der Waals surface area contributed by atoms with Crippen LogP contribution in [0.1, 0.15) is 77.6 Å². The van der Waals surface area contributed by atoms with Gasteiger partial charge in [-0.05, 0) is 31.6 Å². The van der Waals surface area contributed by atoms with E-state index in [9.17, 15) is 0 Å². The second kappa shape index (κ2) is 14.7. The van der Waals surface area contributed by atoms with Gasteiger partial charge < -0.3 is 18.3 Å². The first-order valence-corrected chi connectivity index (χ1v) is 13.9. The first kappa shape index (κ1) is 24.8. The van der Waals surface area contributed by atoms with Crippen LogP contribution in [0.25, 0.3) is 0 Å². The molecule has 1 rings (SSSR count). The highest BCUT2D eigenvalue weighted by atomic mass is 28.4. The molecular weight excluding hydrogens is 368 g/mol. The summed E-state index contributed by atoms with van der Waals surface area (Å²) in [7, 11) is 0.985. The maximum atomic E-state index is 6.21. The number of benzene rings is 1. The summed E-state index contributed by atoms with van der Waals surface area (Å²) in [5, 5.41) is 0. The van der Waals surface area contributed by atoms with Gasteiger partial charge >= 0.3 is 8.56 Å². The van der Waals surface area contributed by atoms with E-state index in [0.29, 0.717) is 17.2 Å². The van der Waals surface area contributed by atoms with Crippen LogP contribution in [0.5, 0.6) is 17.2 Å². The summed E-state index contributed by atoms with van der Waals surface area (Å²) in [4.78, 5) is 0. The Hall–Kier alpha value is -1.20. The molecule has 0 fully saturated rings. The molecule has 162 valence electrons. The molecule has 1 aromatic carbocycles. The second-order valence-electron chi connectivity index (χ2n) is 7.88. The summed E-state index contributed by atoms with van der Waals surface area (Å²) < 4.78 is 23.2. The number of para-hydroxylation sites is 1. The highest BCUT2D eigenvalue weighted by Crippen LogP contribution is 2.38. The van der Waals surface area contributed by atoms with E-state index in [-0.39, 0.29) is 0 Å². The molecule has 28 heavy (non-hydrogen) atoms. The number of methoxy groups -OCH3 is 2. The minimum atomic E-state index is -2.30. The van der Waals surface area contributed by atoms with E-state index in [4.69, 9.17) is 18.3 Å². The fraction of sp³-hybridized carbons (Fsp3) is 0.739. The molecule has 0 bridgehead atoms. The number of rotatable bonds is 17. The largest absolute Gasteiger partial charge is 0.515 e. The van der Waals surface area contributed by atoms with E-state index in [1.54, 1.807) is 14.2 Å². The number of unbranched alkanes of at least 4 members (excludes halogenated alkanes) is 10. The van der Waals surface area contributed by atoms with Gasteiger partial charge in [-0.2, -0.15) is 0 Å². The summed E-state index contributed by atoms with van der Waals surface area (Å²) in [6, 6.07) is 5.66. The van der Waals surface area contributed by atoms with Gasteiger partial charge in [0.05, 0.1) is 14.2 Å². The SMILES string of the molecule is CCCCCCCCCCCCCO[Si](C)(C)Oc1c(OC)cccc1OC. The predicted octanol–water partition coefficient (Wildman–Crippen LogP) is 7.11. The molecule has 5 heteroatoms.